The lowest BCUT2D eigenvalue weighted by molar-refractivity contribution is 0.0857. The molecule has 0 saturated carbocycles. The lowest BCUT2D eigenvalue weighted by atomic mass is 9.96. The minimum Gasteiger partial charge on any atom is -0.374 e. The maximum atomic E-state index is 5.67. The topological polar surface area (TPSA) is 35.2 Å². The van der Waals surface area contributed by atoms with Crippen LogP contribution in [-0.4, -0.2) is 19.3 Å². The summed E-state index contributed by atoms with van der Waals surface area (Å²) >= 11 is 0. The highest BCUT2D eigenvalue weighted by Crippen LogP contribution is 2.21. The van der Waals surface area contributed by atoms with Gasteiger partial charge in [0.15, 0.2) is 0 Å². The summed E-state index contributed by atoms with van der Waals surface area (Å²) in [7, 11) is 0. The Morgan fingerprint density at radius 1 is 1.54 bits per heavy atom. The summed E-state index contributed by atoms with van der Waals surface area (Å²) in [5.41, 5.74) is 6.89. The van der Waals surface area contributed by atoms with Gasteiger partial charge in [0.25, 0.3) is 0 Å². The fraction of sp³-hybridized carbons (Fsp3) is 0.818. The number of nitrogens with two attached hydrogens (primary N) is 1. The summed E-state index contributed by atoms with van der Waals surface area (Å²) in [6.45, 7) is 3.68. The highest BCUT2D eigenvalue weighted by atomic mass is 16.5. The molecule has 1 aliphatic carbocycles. The summed E-state index contributed by atoms with van der Waals surface area (Å²) in [4.78, 5) is 0. The van der Waals surface area contributed by atoms with Gasteiger partial charge in [0.2, 0.25) is 0 Å². The van der Waals surface area contributed by atoms with Gasteiger partial charge < -0.3 is 10.5 Å². The van der Waals surface area contributed by atoms with Crippen molar-refractivity contribution in [2.24, 2.45) is 5.73 Å². The molecule has 2 heteroatoms. The van der Waals surface area contributed by atoms with E-state index in [0.29, 0.717) is 6.10 Å². The van der Waals surface area contributed by atoms with Crippen LogP contribution in [0.15, 0.2) is 11.6 Å². The van der Waals surface area contributed by atoms with E-state index in [1.165, 1.54) is 31.3 Å². The van der Waals surface area contributed by atoms with Gasteiger partial charge in [-0.2, -0.15) is 0 Å². The van der Waals surface area contributed by atoms with Crippen LogP contribution in [0.1, 0.15) is 39.0 Å². The van der Waals surface area contributed by atoms with Crippen LogP contribution < -0.4 is 5.73 Å². The van der Waals surface area contributed by atoms with E-state index in [1.807, 2.05) is 0 Å². The van der Waals surface area contributed by atoms with E-state index in [-0.39, 0.29) is 0 Å². The molecule has 1 aliphatic rings. The second-order valence-corrected chi connectivity index (χ2v) is 3.68. The Hall–Kier alpha value is -0.340. The monoisotopic (exact) mass is 183 g/mol. The van der Waals surface area contributed by atoms with Crippen molar-refractivity contribution in [3.05, 3.63) is 11.6 Å². The third-order valence-electron chi connectivity index (χ3n) is 2.56. The quantitative estimate of drug-likeness (QED) is 0.524. The molecule has 0 fully saturated rings. The first kappa shape index (κ1) is 10.7. The normalized spacial score (nSPS) is 19.7. The molecule has 0 aliphatic heterocycles. The van der Waals surface area contributed by atoms with E-state index < -0.39 is 0 Å². The number of ether oxygens (including phenoxy) is 1. The summed E-state index contributed by atoms with van der Waals surface area (Å²) in [6, 6.07) is 0. The Morgan fingerprint density at radius 3 is 3.00 bits per heavy atom. The summed E-state index contributed by atoms with van der Waals surface area (Å²) < 4.78 is 5.67. The zero-order valence-electron chi connectivity index (χ0n) is 8.59. The summed E-state index contributed by atoms with van der Waals surface area (Å²) in [5.74, 6) is 0. The van der Waals surface area contributed by atoms with E-state index in [9.17, 15) is 0 Å². The molecule has 0 amide bonds. The number of allylic oxidation sites excluding steroid dienone is 1. The van der Waals surface area contributed by atoms with Gasteiger partial charge in [0.05, 0.1) is 6.10 Å². The molecule has 1 rings (SSSR count). The lowest BCUT2D eigenvalue weighted by Gasteiger charge is -2.19. The van der Waals surface area contributed by atoms with E-state index >= 15 is 0 Å². The Kier molecular flexibility index (Phi) is 5.09. The average molecular weight is 183 g/mol. The molecule has 0 radical (unpaired) electrons. The lowest BCUT2D eigenvalue weighted by Crippen LogP contribution is -2.15. The number of rotatable bonds is 5. The van der Waals surface area contributed by atoms with Gasteiger partial charge in [-0.15, -0.1) is 0 Å². The first-order valence-corrected chi connectivity index (χ1v) is 5.35. The van der Waals surface area contributed by atoms with Crippen molar-refractivity contribution in [3.63, 3.8) is 0 Å². The predicted octanol–water partition coefficient (Wildman–Crippen LogP) is 2.24. The highest BCUT2D eigenvalue weighted by molar-refractivity contribution is 5.09. The third kappa shape index (κ3) is 3.92. The van der Waals surface area contributed by atoms with Crippen molar-refractivity contribution in [1.82, 2.24) is 0 Å². The number of hydrogen-bond acceptors (Lipinski definition) is 2. The fourth-order valence-corrected chi connectivity index (χ4v) is 1.68. The Balaban J connectivity index is 2.21. The van der Waals surface area contributed by atoms with Crippen LogP contribution in [-0.2, 0) is 4.74 Å². The average Bonchev–Trinajstić information content (AvgIpc) is 2.19. The van der Waals surface area contributed by atoms with Crippen molar-refractivity contribution >= 4 is 0 Å². The smallest absolute Gasteiger partial charge is 0.0756 e. The van der Waals surface area contributed by atoms with E-state index in [0.717, 1.165) is 19.6 Å². The molecule has 0 aromatic heterocycles. The van der Waals surface area contributed by atoms with Gasteiger partial charge in [-0.3, -0.25) is 0 Å². The Bertz CT molecular complexity index is 165. The molecule has 13 heavy (non-hydrogen) atoms. The fourth-order valence-electron chi connectivity index (χ4n) is 1.68. The Morgan fingerprint density at radius 2 is 2.38 bits per heavy atom. The van der Waals surface area contributed by atoms with E-state index in [2.05, 4.69) is 13.0 Å². The van der Waals surface area contributed by atoms with Crippen LogP contribution in [0.5, 0.6) is 0 Å². The van der Waals surface area contributed by atoms with Crippen LogP contribution in [0.2, 0.25) is 0 Å². The van der Waals surface area contributed by atoms with Gasteiger partial charge in [-0.05, 0) is 51.1 Å². The maximum absolute atomic E-state index is 5.67. The van der Waals surface area contributed by atoms with Crippen LogP contribution in [0.3, 0.4) is 0 Å². The molecular formula is C11H21NO. The second-order valence-electron chi connectivity index (χ2n) is 3.68. The molecule has 0 aromatic carbocycles. The molecule has 2 N–H and O–H groups in total. The molecule has 0 spiro atoms. The molecular weight excluding hydrogens is 162 g/mol. The van der Waals surface area contributed by atoms with Crippen LogP contribution in [0.25, 0.3) is 0 Å². The highest BCUT2D eigenvalue weighted by Gasteiger charge is 2.11. The minimum atomic E-state index is 0.312. The predicted molar refractivity (Wildman–Crippen MR) is 55.6 cm³/mol. The molecule has 76 valence electrons. The molecule has 1 atom stereocenters. The van der Waals surface area contributed by atoms with Crippen molar-refractivity contribution in [1.29, 1.82) is 0 Å². The van der Waals surface area contributed by atoms with E-state index in [1.54, 1.807) is 0 Å². The van der Waals surface area contributed by atoms with Crippen molar-refractivity contribution < 1.29 is 4.74 Å². The van der Waals surface area contributed by atoms with Crippen molar-refractivity contribution in [2.45, 2.75) is 45.1 Å². The van der Waals surface area contributed by atoms with Crippen molar-refractivity contribution in [3.8, 4) is 0 Å². The molecule has 2 nitrogen and oxygen atoms in total. The zero-order chi connectivity index (χ0) is 9.52. The van der Waals surface area contributed by atoms with Crippen LogP contribution in [0.4, 0.5) is 0 Å². The molecule has 1 unspecified atom stereocenters. The molecule has 0 saturated heterocycles. The standard InChI is InChI=1S/C11H21NO/c1-10(13-9-5-8-12)11-6-3-2-4-7-11/h6,10H,2-5,7-9,12H2,1H3. The van der Waals surface area contributed by atoms with Gasteiger partial charge in [0, 0.05) is 6.61 Å². The Labute approximate surface area is 81.1 Å². The first-order valence-electron chi connectivity index (χ1n) is 5.35. The van der Waals surface area contributed by atoms with Gasteiger partial charge in [-0.25, -0.2) is 0 Å². The minimum absolute atomic E-state index is 0.312. The molecule has 0 aromatic rings. The second kappa shape index (κ2) is 6.17. The van der Waals surface area contributed by atoms with Crippen molar-refractivity contribution in [2.75, 3.05) is 13.2 Å². The summed E-state index contributed by atoms with van der Waals surface area (Å²) in [6.07, 6.45) is 8.76. The number of hydrogen-bond donors (Lipinski definition) is 1. The SMILES string of the molecule is CC(OCCCN)C1=CCCCC1. The van der Waals surface area contributed by atoms with Crippen LogP contribution >= 0.6 is 0 Å². The summed E-state index contributed by atoms with van der Waals surface area (Å²) in [5, 5.41) is 0. The third-order valence-corrected chi connectivity index (χ3v) is 2.56. The van der Waals surface area contributed by atoms with Gasteiger partial charge >= 0.3 is 0 Å². The van der Waals surface area contributed by atoms with Crippen LogP contribution in [0, 0.1) is 0 Å². The maximum Gasteiger partial charge on any atom is 0.0756 e. The largest absolute Gasteiger partial charge is 0.374 e. The van der Waals surface area contributed by atoms with Gasteiger partial charge in [0.1, 0.15) is 0 Å². The molecule has 0 bridgehead atoms. The zero-order valence-corrected chi connectivity index (χ0v) is 8.59. The molecule has 0 heterocycles. The van der Waals surface area contributed by atoms with Gasteiger partial charge in [-0.1, -0.05) is 6.08 Å². The first-order chi connectivity index (χ1) is 6.34. The van der Waals surface area contributed by atoms with E-state index in [4.69, 9.17) is 10.5 Å².